The van der Waals surface area contributed by atoms with Gasteiger partial charge in [0.25, 0.3) is 5.69 Å². The number of esters is 1. The summed E-state index contributed by atoms with van der Waals surface area (Å²) in [7, 11) is 0. The van der Waals surface area contributed by atoms with Gasteiger partial charge in [0.2, 0.25) is 0 Å². The molecular formula is C12H12N2O4. The Labute approximate surface area is 103 Å². The highest BCUT2D eigenvalue weighted by atomic mass is 16.6. The van der Waals surface area contributed by atoms with Gasteiger partial charge in [-0.05, 0) is 18.6 Å². The lowest BCUT2D eigenvalue weighted by Gasteiger charge is -2.01. The van der Waals surface area contributed by atoms with Crippen LogP contribution in [0.15, 0.2) is 24.4 Å². The number of benzene rings is 1. The lowest BCUT2D eigenvalue weighted by atomic mass is 10.1. The van der Waals surface area contributed by atoms with E-state index in [2.05, 4.69) is 4.98 Å². The second kappa shape index (κ2) is 4.87. The first-order chi connectivity index (χ1) is 8.63. The van der Waals surface area contributed by atoms with Crippen LogP contribution in [-0.2, 0) is 16.0 Å². The largest absolute Gasteiger partial charge is 0.466 e. The van der Waals surface area contributed by atoms with Crippen molar-refractivity contribution in [2.45, 2.75) is 13.3 Å². The number of hydrogen-bond acceptors (Lipinski definition) is 4. The van der Waals surface area contributed by atoms with Gasteiger partial charge in [0, 0.05) is 12.3 Å². The Bertz CT molecular complexity index is 603. The van der Waals surface area contributed by atoms with E-state index in [1.807, 2.05) is 0 Å². The maximum atomic E-state index is 11.4. The van der Waals surface area contributed by atoms with E-state index in [1.165, 1.54) is 6.07 Å². The number of nitro groups is 1. The Morgan fingerprint density at radius 1 is 1.50 bits per heavy atom. The lowest BCUT2D eigenvalue weighted by Crippen LogP contribution is -2.07. The van der Waals surface area contributed by atoms with E-state index in [9.17, 15) is 14.9 Å². The highest BCUT2D eigenvalue weighted by Gasteiger charge is 2.18. The number of rotatable bonds is 4. The Morgan fingerprint density at radius 3 is 2.94 bits per heavy atom. The first kappa shape index (κ1) is 12.1. The molecule has 1 N–H and O–H groups in total. The van der Waals surface area contributed by atoms with Crippen molar-refractivity contribution < 1.29 is 14.5 Å². The van der Waals surface area contributed by atoms with Crippen molar-refractivity contribution >= 4 is 22.6 Å². The molecule has 6 nitrogen and oxygen atoms in total. The number of ether oxygens (including phenoxy) is 1. The maximum absolute atomic E-state index is 11.4. The highest BCUT2D eigenvalue weighted by Crippen LogP contribution is 2.28. The van der Waals surface area contributed by atoms with Gasteiger partial charge in [0.05, 0.1) is 28.9 Å². The molecule has 0 aliphatic rings. The van der Waals surface area contributed by atoms with Crippen LogP contribution in [0.2, 0.25) is 0 Å². The molecule has 0 fully saturated rings. The van der Waals surface area contributed by atoms with Crippen LogP contribution >= 0.6 is 0 Å². The molecule has 1 aromatic carbocycles. The zero-order valence-electron chi connectivity index (χ0n) is 9.80. The third-order valence-electron chi connectivity index (χ3n) is 2.60. The molecule has 0 radical (unpaired) electrons. The fourth-order valence-electron chi connectivity index (χ4n) is 1.89. The fourth-order valence-corrected chi connectivity index (χ4v) is 1.89. The lowest BCUT2D eigenvalue weighted by molar-refractivity contribution is -0.383. The van der Waals surface area contributed by atoms with Gasteiger partial charge in [-0.25, -0.2) is 0 Å². The standard InChI is InChI=1S/C12H12N2O4/c1-2-18-11(15)6-8-7-13-9-4-3-5-10(12(8)9)14(16)17/h3-5,7,13H,2,6H2,1H3. The number of fused-ring (bicyclic) bond motifs is 1. The molecule has 1 heterocycles. The first-order valence-electron chi connectivity index (χ1n) is 5.52. The Balaban J connectivity index is 2.45. The first-order valence-corrected chi connectivity index (χ1v) is 5.52. The average molecular weight is 248 g/mol. The summed E-state index contributed by atoms with van der Waals surface area (Å²) < 4.78 is 4.84. The van der Waals surface area contributed by atoms with Gasteiger partial charge in [0.15, 0.2) is 0 Å². The van der Waals surface area contributed by atoms with Crippen molar-refractivity contribution in [2.24, 2.45) is 0 Å². The fraction of sp³-hybridized carbons (Fsp3) is 0.250. The molecule has 0 unspecified atom stereocenters. The van der Waals surface area contributed by atoms with E-state index in [1.54, 1.807) is 25.3 Å². The molecule has 0 amide bonds. The van der Waals surface area contributed by atoms with Gasteiger partial charge in [0.1, 0.15) is 0 Å². The molecule has 0 saturated carbocycles. The van der Waals surface area contributed by atoms with Gasteiger partial charge < -0.3 is 9.72 Å². The second-order valence-electron chi connectivity index (χ2n) is 3.75. The molecule has 0 aliphatic heterocycles. The van der Waals surface area contributed by atoms with Crippen molar-refractivity contribution in [3.63, 3.8) is 0 Å². The topological polar surface area (TPSA) is 85.2 Å². The van der Waals surface area contributed by atoms with Crippen molar-refractivity contribution in [3.8, 4) is 0 Å². The summed E-state index contributed by atoms with van der Waals surface area (Å²) in [6.45, 7) is 2.01. The summed E-state index contributed by atoms with van der Waals surface area (Å²) >= 11 is 0. The van der Waals surface area contributed by atoms with Gasteiger partial charge in [-0.15, -0.1) is 0 Å². The monoisotopic (exact) mass is 248 g/mol. The summed E-state index contributed by atoms with van der Waals surface area (Å²) in [5.74, 6) is -0.392. The maximum Gasteiger partial charge on any atom is 0.310 e. The molecule has 0 saturated heterocycles. The summed E-state index contributed by atoms with van der Waals surface area (Å²) in [5, 5.41) is 11.4. The quantitative estimate of drug-likeness (QED) is 0.510. The molecular weight excluding hydrogens is 236 g/mol. The number of aromatic nitrogens is 1. The van der Waals surface area contributed by atoms with Crippen molar-refractivity contribution in [2.75, 3.05) is 6.61 Å². The average Bonchev–Trinajstić information content (AvgIpc) is 2.72. The van der Waals surface area contributed by atoms with Gasteiger partial charge in [-0.3, -0.25) is 14.9 Å². The summed E-state index contributed by atoms with van der Waals surface area (Å²) in [6, 6.07) is 4.76. The number of hydrogen-bond donors (Lipinski definition) is 1. The Morgan fingerprint density at radius 2 is 2.28 bits per heavy atom. The van der Waals surface area contributed by atoms with Crippen LogP contribution in [-0.4, -0.2) is 22.5 Å². The molecule has 0 spiro atoms. The summed E-state index contributed by atoms with van der Waals surface area (Å²) in [4.78, 5) is 24.8. The van der Waals surface area contributed by atoms with Gasteiger partial charge >= 0.3 is 5.97 Å². The Hall–Kier alpha value is -2.37. The van der Waals surface area contributed by atoms with E-state index >= 15 is 0 Å². The molecule has 94 valence electrons. The smallest absolute Gasteiger partial charge is 0.310 e. The number of nitrogens with zero attached hydrogens (tertiary/aromatic N) is 1. The number of non-ortho nitro benzene ring substituents is 1. The van der Waals surface area contributed by atoms with Gasteiger partial charge in [-0.1, -0.05) is 6.07 Å². The molecule has 6 heteroatoms. The van der Waals surface area contributed by atoms with Crippen molar-refractivity contribution in [1.82, 2.24) is 4.98 Å². The molecule has 1 aromatic heterocycles. The van der Waals surface area contributed by atoms with E-state index in [0.29, 0.717) is 23.1 Å². The minimum Gasteiger partial charge on any atom is -0.466 e. The number of aromatic amines is 1. The van der Waals surface area contributed by atoms with E-state index in [-0.39, 0.29) is 12.1 Å². The number of carbonyl (C=O) groups excluding carboxylic acids is 1. The Kier molecular flexibility index (Phi) is 3.27. The molecule has 0 atom stereocenters. The van der Waals surface area contributed by atoms with Crippen LogP contribution in [0.3, 0.4) is 0 Å². The normalized spacial score (nSPS) is 10.5. The summed E-state index contributed by atoms with van der Waals surface area (Å²) in [6.07, 6.45) is 1.63. The molecule has 0 aliphatic carbocycles. The van der Waals surface area contributed by atoms with Crippen LogP contribution in [0.5, 0.6) is 0 Å². The SMILES string of the molecule is CCOC(=O)Cc1c[nH]c2cccc([N+](=O)[O-])c12. The number of H-pyrrole nitrogens is 1. The van der Waals surface area contributed by atoms with E-state index in [0.717, 1.165) is 0 Å². The van der Waals surface area contributed by atoms with Crippen LogP contribution in [0.4, 0.5) is 5.69 Å². The zero-order chi connectivity index (χ0) is 13.1. The molecule has 2 aromatic rings. The molecule has 18 heavy (non-hydrogen) atoms. The van der Waals surface area contributed by atoms with E-state index < -0.39 is 10.9 Å². The van der Waals surface area contributed by atoms with Crippen LogP contribution in [0, 0.1) is 10.1 Å². The predicted molar refractivity (Wildman–Crippen MR) is 65.3 cm³/mol. The van der Waals surface area contributed by atoms with Crippen LogP contribution in [0.25, 0.3) is 10.9 Å². The van der Waals surface area contributed by atoms with Crippen LogP contribution in [0.1, 0.15) is 12.5 Å². The highest BCUT2D eigenvalue weighted by molar-refractivity contribution is 5.94. The number of carbonyl (C=O) groups is 1. The minimum absolute atomic E-state index is 0.00644. The number of nitrogens with one attached hydrogen (secondary N) is 1. The van der Waals surface area contributed by atoms with Crippen molar-refractivity contribution in [1.29, 1.82) is 0 Å². The second-order valence-corrected chi connectivity index (χ2v) is 3.75. The number of nitro benzene ring substituents is 1. The minimum atomic E-state index is -0.454. The zero-order valence-corrected chi connectivity index (χ0v) is 9.80. The molecule has 2 rings (SSSR count). The van der Waals surface area contributed by atoms with Gasteiger partial charge in [-0.2, -0.15) is 0 Å². The van der Waals surface area contributed by atoms with Crippen molar-refractivity contribution in [3.05, 3.63) is 40.1 Å². The summed E-state index contributed by atoms with van der Waals surface area (Å²) in [5.41, 5.74) is 1.22. The van der Waals surface area contributed by atoms with Crippen LogP contribution < -0.4 is 0 Å². The third kappa shape index (κ3) is 2.17. The third-order valence-corrected chi connectivity index (χ3v) is 2.60. The predicted octanol–water partition coefficient (Wildman–Crippen LogP) is 2.18. The van der Waals surface area contributed by atoms with E-state index in [4.69, 9.17) is 4.74 Å². The molecule has 0 bridgehead atoms.